The first-order chi connectivity index (χ1) is 10.3. The standard InChI is InChI=1S/C16H24N2O3S/c1-4-12(2)13-7-9-14(10-8-13)17-16(19)15-6-5-11-18(15)22(3,20)21/h7-10,12,15H,4-6,11H2,1-3H3,(H,17,19). The highest BCUT2D eigenvalue weighted by molar-refractivity contribution is 7.88. The molecule has 1 heterocycles. The maximum atomic E-state index is 12.3. The molecule has 0 saturated carbocycles. The van der Waals surface area contributed by atoms with Gasteiger partial charge in [-0.3, -0.25) is 4.79 Å². The second-order valence-electron chi connectivity index (χ2n) is 5.95. The lowest BCUT2D eigenvalue weighted by Crippen LogP contribution is -2.42. The highest BCUT2D eigenvalue weighted by Gasteiger charge is 2.36. The lowest BCUT2D eigenvalue weighted by molar-refractivity contribution is -0.119. The average molecular weight is 324 g/mol. The Morgan fingerprint density at radius 3 is 2.55 bits per heavy atom. The van der Waals surface area contributed by atoms with Gasteiger partial charge >= 0.3 is 0 Å². The van der Waals surface area contributed by atoms with Gasteiger partial charge in [0.2, 0.25) is 15.9 Å². The highest BCUT2D eigenvalue weighted by atomic mass is 32.2. The number of sulfonamides is 1. The van der Waals surface area contributed by atoms with E-state index in [4.69, 9.17) is 0 Å². The van der Waals surface area contributed by atoms with E-state index in [1.165, 1.54) is 9.87 Å². The van der Waals surface area contributed by atoms with E-state index in [1.807, 2.05) is 24.3 Å². The molecule has 1 aliphatic rings. The second-order valence-corrected chi connectivity index (χ2v) is 7.89. The van der Waals surface area contributed by atoms with Gasteiger partial charge in [-0.05, 0) is 42.9 Å². The maximum absolute atomic E-state index is 12.3. The fourth-order valence-electron chi connectivity index (χ4n) is 2.76. The fraction of sp³-hybridized carbons (Fsp3) is 0.562. The summed E-state index contributed by atoms with van der Waals surface area (Å²) in [5.41, 5.74) is 1.94. The van der Waals surface area contributed by atoms with Crippen molar-refractivity contribution in [3.8, 4) is 0 Å². The SMILES string of the molecule is CCC(C)c1ccc(NC(=O)C2CCCN2S(C)(=O)=O)cc1. The molecular weight excluding hydrogens is 300 g/mol. The van der Waals surface area contributed by atoms with Gasteiger partial charge in [0.15, 0.2) is 0 Å². The Hall–Kier alpha value is -1.40. The Labute approximate surface area is 132 Å². The number of hydrogen-bond donors (Lipinski definition) is 1. The number of benzene rings is 1. The summed E-state index contributed by atoms with van der Waals surface area (Å²) in [5.74, 6) is 0.236. The number of hydrogen-bond acceptors (Lipinski definition) is 3. The number of nitrogens with zero attached hydrogens (tertiary/aromatic N) is 1. The molecule has 1 aromatic rings. The molecule has 2 unspecified atom stereocenters. The van der Waals surface area contributed by atoms with Crippen LogP contribution in [0.1, 0.15) is 44.6 Å². The highest BCUT2D eigenvalue weighted by Crippen LogP contribution is 2.23. The van der Waals surface area contributed by atoms with Crippen molar-refractivity contribution in [2.24, 2.45) is 0 Å². The Bertz CT molecular complexity index is 625. The summed E-state index contributed by atoms with van der Waals surface area (Å²) in [6.07, 6.45) is 3.51. The molecule has 0 radical (unpaired) electrons. The predicted octanol–water partition coefficient (Wildman–Crippen LogP) is 2.56. The van der Waals surface area contributed by atoms with Gasteiger partial charge in [0, 0.05) is 12.2 Å². The van der Waals surface area contributed by atoms with Gasteiger partial charge in [-0.15, -0.1) is 0 Å². The van der Waals surface area contributed by atoms with E-state index >= 15 is 0 Å². The number of nitrogens with one attached hydrogen (secondary N) is 1. The van der Waals surface area contributed by atoms with Crippen LogP contribution in [-0.4, -0.2) is 37.5 Å². The summed E-state index contributed by atoms with van der Waals surface area (Å²) in [5, 5.41) is 2.83. The predicted molar refractivity (Wildman–Crippen MR) is 88.3 cm³/mol. The van der Waals surface area contributed by atoms with Gasteiger partial charge in [0.1, 0.15) is 6.04 Å². The second kappa shape index (κ2) is 6.79. The zero-order chi connectivity index (χ0) is 16.3. The molecule has 2 rings (SSSR count). The molecule has 6 heteroatoms. The monoisotopic (exact) mass is 324 g/mol. The topological polar surface area (TPSA) is 66.5 Å². The molecule has 1 saturated heterocycles. The van der Waals surface area contributed by atoms with Crippen LogP contribution in [0.2, 0.25) is 0 Å². The minimum Gasteiger partial charge on any atom is -0.325 e. The molecule has 1 aliphatic heterocycles. The molecule has 0 spiro atoms. The molecule has 1 fully saturated rings. The first-order valence-electron chi connectivity index (χ1n) is 7.70. The van der Waals surface area contributed by atoms with Crippen LogP contribution in [-0.2, 0) is 14.8 Å². The number of carbonyl (C=O) groups excluding carboxylic acids is 1. The van der Waals surface area contributed by atoms with Gasteiger partial charge < -0.3 is 5.32 Å². The first-order valence-corrected chi connectivity index (χ1v) is 9.55. The zero-order valence-corrected chi connectivity index (χ0v) is 14.2. The third-order valence-corrected chi connectivity index (χ3v) is 5.58. The third-order valence-electron chi connectivity index (χ3n) is 4.29. The van der Waals surface area contributed by atoms with E-state index in [9.17, 15) is 13.2 Å². The molecule has 0 aliphatic carbocycles. The molecule has 1 N–H and O–H groups in total. The smallest absolute Gasteiger partial charge is 0.242 e. The van der Waals surface area contributed by atoms with E-state index in [1.54, 1.807) is 0 Å². The lowest BCUT2D eigenvalue weighted by atomic mass is 9.98. The van der Waals surface area contributed by atoms with E-state index in [0.29, 0.717) is 24.6 Å². The number of carbonyl (C=O) groups is 1. The van der Waals surface area contributed by atoms with Gasteiger partial charge in [-0.2, -0.15) is 4.31 Å². The number of rotatable bonds is 5. The summed E-state index contributed by atoms with van der Waals surface area (Å²) in [4.78, 5) is 12.3. The quantitative estimate of drug-likeness (QED) is 0.905. The normalized spacial score (nSPS) is 20.8. The summed E-state index contributed by atoms with van der Waals surface area (Å²) < 4.78 is 24.7. The average Bonchev–Trinajstić information content (AvgIpc) is 2.97. The molecule has 2 atom stereocenters. The summed E-state index contributed by atoms with van der Waals surface area (Å²) >= 11 is 0. The molecule has 22 heavy (non-hydrogen) atoms. The van der Waals surface area contributed by atoms with Gasteiger partial charge in [0.05, 0.1) is 6.26 Å². The van der Waals surface area contributed by atoms with Crippen LogP contribution < -0.4 is 5.32 Å². The molecule has 5 nitrogen and oxygen atoms in total. The Kier molecular flexibility index (Phi) is 5.24. The Morgan fingerprint density at radius 1 is 1.36 bits per heavy atom. The summed E-state index contributed by atoms with van der Waals surface area (Å²) in [6.45, 7) is 4.72. The zero-order valence-electron chi connectivity index (χ0n) is 13.4. The third kappa shape index (κ3) is 3.87. The van der Waals surface area contributed by atoms with Crippen molar-refractivity contribution >= 4 is 21.6 Å². The first kappa shape index (κ1) is 17.0. The largest absolute Gasteiger partial charge is 0.325 e. The molecule has 0 aromatic heterocycles. The van der Waals surface area contributed by atoms with Crippen molar-refractivity contribution in [2.45, 2.75) is 45.1 Å². The van der Waals surface area contributed by atoms with Crippen LogP contribution in [0.5, 0.6) is 0 Å². The van der Waals surface area contributed by atoms with E-state index in [0.717, 1.165) is 19.1 Å². The summed E-state index contributed by atoms with van der Waals surface area (Å²) in [7, 11) is -3.34. The molecule has 0 bridgehead atoms. The molecule has 1 aromatic carbocycles. The van der Waals surface area contributed by atoms with Crippen molar-refractivity contribution in [1.82, 2.24) is 4.31 Å². The molecule has 122 valence electrons. The van der Waals surface area contributed by atoms with Gasteiger partial charge in [-0.1, -0.05) is 26.0 Å². The Balaban J connectivity index is 2.06. The molecule has 1 amide bonds. The summed E-state index contributed by atoms with van der Waals surface area (Å²) in [6, 6.07) is 7.17. The van der Waals surface area contributed by atoms with E-state index in [-0.39, 0.29) is 5.91 Å². The van der Waals surface area contributed by atoms with Crippen LogP contribution in [0.3, 0.4) is 0 Å². The fourth-order valence-corrected chi connectivity index (χ4v) is 3.88. The lowest BCUT2D eigenvalue weighted by Gasteiger charge is -2.21. The van der Waals surface area contributed by atoms with Crippen molar-refractivity contribution in [3.63, 3.8) is 0 Å². The number of amides is 1. The van der Waals surface area contributed by atoms with Crippen LogP contribution in [0.15, 0.2) is 24.3 Å². The van der Waals surface area contributed by atoms with E-state index in [2.05, 4.69) is 19.2 Å². The van der Waals surface area contributed by atoms with Crippen molar-refractivity contribution in [3.05, 3.63) is 29.8 Å². The van der Waals surface area contributed by atoms with Crippen molar-refractivity contribution in [2.75, 3.05) is 18.1 Å². The Morgan fingerprint density at radius 2 is 2.00 bits per heavy atom. The van der Waals surface area contributed by atoms with Crippen LogP contribution in [0.25, 0.3) is 0 Å². The molecular formula is C16H24N2O3S. The van der Waals surface area contributed by atoms with Gasteiger partial charge in [-0.25, -0.2) is 8.42 Å². The van der Waals surface area contributed by atoms with Crippen LogP contribution in [0, 0.1) is 0 Å². The minimum absolute atomic E-state index is 0.251. The number of anilines is 1. The van der Waals surface area contributed by atoms with E-state index < -0.39 is 16.1 Å². The van der Waals surface area contributed by atoms with Crippen molar-refractivity contribution < 1.29 is 13.2 Å². The van der Waals surface area contributed by atoms with Crippen LogP contribution >= 0.6 is 0 Å². The van der Waals surface area contributed by atoms with Crippen molar-refractivity contribution in [1.29, 1.82) is 0 Å². The maximum Gasteiger partial charge on any atom is 0.242 e. The minimum atomic E-state index is -3.34. The van der Waals surface area contributed by atoms with Crippen LogP contribution in [0.4, 0.5) is 5.69 Å². The van der Waals surface area contributed by atoms with Gasteiger partial charge in [0.25, 0.3) is 0 Å².